The summed E-state index contributed by atoms with van der Waals surface area (Å²) in [5.41, 5.74) is -1.17. The van der Waals surface area contributed by atoms with Crippen LogP contribution in [0.2, 0.25) is 10.0 Å². The summed E-state index contributed by atoms with van der Waals surface area (Å²) in [6.07, 6.45) is -4.67. The van der Waals surface area contributed by atoms with E-state index in [0.29, 0.717) is 43.0 Å². The van der Waals surface area contributed by atoms with Crippen molar-refractivity contribution in [3.05, 3.63) is 62.1 Å². The van der Waals surface area contributed by atoms with E-state index < -0.39 is 28.4 Å². The van der Waals surface area contributed by atoms with Crippen LogP contribution >= 0.6 is 23.2 Å². The zero-order valence-corrected chi connectivity index (χ0v) is 18.3. The number of piperazine rings is 1. The Balaban J connectivity index is 1.67. The van der Waals surface area contributed by atoms with Gasteiger partial charge in [0, 0.05) is 32.2 Å². The second-order valence-corrected chi connectivity index (χ2v) is 8.03. The molecule has 0 radical (unpaired) electrons. The van der Waals surface area contributed by atoms with Crippen molar-refractivity contribution in [2.75, 3.05) is 36.4 Å². The number of hydrogen-bond donors (Lipinski definition) is 1. The Kier molecular flexibility index (Phi) is 7.16. The van der Waals surface area contributed by atoms with Crippen molar-refractivity contribution in [2.45, 2.75) is 19.1 Å². The second-order valence-electron chi connectivity index (χ2n) is 7.25. The van der Waals surface area contributed by atoms with Gasteiger partial charge in [-0.25, -0.2) is 0 Å². The normalized spacial score (nSPS) is 16.0. The lowest BCUT2D eigenvalue weighted by molar-refractivity contribution is -0.384. The maximum atomic E-state index is 12.9. The third-order valence-corrected chi connectivity index (χ3v) is 6.11. The van der Waals surface area contributed by atoms with Crippen LogP contribution in [0.15, 0.2) is 36.4 Å². The van der Waals surface area contributed by atoms with E-state index in [1.807, 2.05) is 4.90 Å². The molecule has 32 heavy (non-hydrogen) atoms. The number of alkyl halides is 3. The highest BCUT2D eigenvalue weighted by Gasteiger charge is 2.35. The molecule has 0 aromatic heterocycles. The van der Waals surface area contributed by atoms with Crippen LogP contribution in [0.3, 0.4) is 0 Å². The smallest absolute Gasteiger partial charge is 0.363 e. The van der Waals surface area contributed by atoms with Gasteiger partial charge in [0.2, 0.25) is 5.91 Å². The Bertz CT molecular complexity index is 1030. The molecular formula is C20H19Cl2F3N4O3. The maximum Gasteiger partial charge on any atom is 0.416 e. The van der Waals surface area contributed by atoms with Crippen molar-refractivity contribution < 1.29 is 22.9 Å². The van der Waals surface area contributed by atoms with Gasteiger partial charge in [0.05, 0.1) is 32.3 Å². The number of carbonyl (C=O) groups excluding carboxylic acids is 1. The van der Waals surface area contributed by atoms with Crippen LogP contribution in [0, 0.1) is 10.1 Å². The summed E-state index contributed by atoms with van der Waals surface area (Å²) in [5, 5.41) is 14.6. The van der Waals surface area contributed by atoms with Gasteiger partial charge in [0.15, 0.2) is 0 Å². The van der Waals surface area contributed by atoms with Gasteiger partial charge in [0.25, 0.3) is 5.69 Å². The van der Waals surface area contributed by atoms with Crippen molar-refractivity contribution >= 4 is 46.2 Å². The summed E-state index contributed by atoms with van der Waals surface area (Å²) in [4.78, 5) is 26.7. The summed E-state index contributed by atoms with van der Waals surface area (Å²) in [6.45, 7) is 3.10. The van der Waals surface area contributed by atoms with Crippen LogP contribution < -0.4 is 10.2 Å². The Morgan fingerprint density at radius 1 is 1.16 bits per heavy atom. The lowest BCUT2D eigenvalue weighted by atomic mass is 10.1. The molecule has 0 saturated carbocycles. The van der Waals surface area contributed by atoms with E-state index in [0.717, 1.165) is 12.1 Å². The van der Waals surface area contributed by atoms with Gasteiger partial charge in [0.1, 0.15) is 5.69 Å². The topological polar surface area (TPSA) is 78.7 Å². The van der Waals surface area contributed by atoms with Gasteiger partial charge >= 0.3 is 6.18 Å². The molecule has 1 aliphatic rings. The van der Waals surface area contributed by atoms with E-state index in [1.165, 1.54) is 0 Å². The van der Waals surface area contributed by atoms with E-state index in [2.05, 4.69) is 5.32 Å². The maximum absolute atomic E-state index is 12.9. The number of halogens is 5. The van der Waals surface area contributed by atoms with Crippen LogP contribution in [-0.4, -0.2) is 48.0 Å². The standard InChI is InChI=1S/C20H19Cl2F3N4O3/c1-12(19(30)26-15-4-2-3-14(21)18(15)22)27-7-9-28(10-8-27)16-6-5-13(20(23,24)25)11-17(16)29(31)32/h2-6,11-12H,7-10H2,1H3,(H,26,30). The SMILES string of the molecule is CC(C(=O)Nc1cccc(Cl)c1Cl)N1CCN(c2ccc(C(F)(F)F)cc2[N+](=O)[O-])CC1. The molecule has 172 valence electrons. The number of hydrogen-bond acceptors (Lipinski definition) is 5. The molecule has 1 fully saturated rings. The molecule has 1 N–H and O–H groups in total. The molecule has 1 saturated heterocycles. The lowest BCUT2D eigenvalue weighted by Crippen LogP contribution is -2.53. The number of amides is 1. The fourth-order valence-corrected chi connectivity index (χ4v) is 3.81. The molecule has 3 rings (SSSR count). The highest BCUT2D eigenvalue weighted by molar-refractivity contribution is 6.44. The van der Waals surface area contributed by atoms with E-state index >= 15 is 0 Å². The minimum Gasteiger partial charge on any atom is -0.363 e. The molecule has 7 nitrogen and oxygen atoms in total. The number of nitrogens with zero attached hydrogens (tertiary/aromatic N) is 3. The van der Waals surface area contributed by atoms with E-state index in [9.17, 15) is 28.1 Å². The number of nitrogens with one attached hydrogen (secondary N) is 1. The molecule has 0 bridgehead atoms. The van der Waals surface area contributed by atoms with Crippen LogP contribution in [-0.2, 0) is 11.0 Å². The number of nitro groups is 1. The average molecular weight is 491 g/mol. The third kappa shape index (κ3) is 5.25. The van der Waals surface area contributed by atoms with Crippen molar-refractivity contribution in [3.8, 4) is 0 Å². The summed E-state index contributed by atoms with van der Waals surface area (Å²) < 4.78 is 38.8. The molecule has 2 aromatic rings. The molecule has 1 amide bonds. The van der Waals surface area contributed by atoms with Crippen LogP contribution in [0.1, 0.15) is 12.5 Å². The Hall–Kier alpha value is -2.56. The molecular weight excluding hydrogens is 472 g/mol. The predicted molar refractivity (Wildman–Crippen MR) is 116 cm³/mol. The number of carbonyl (C=O) groups is 1. The van der Waals surface area contributed by atoms with Crippen molar-refractivity contribution in [1.29, 1.82) is 0 Å². The Morgan fingerprint density at radius 2 is 1.81 bits per heavy atom. The largest absolute Gasteiger partial charge is 0.416 e. The first kappa shape index (κ1) is 24.1. The number of anilines is 2. The zero-order valence-electron chi connectivity index (χ0n) is 16.8. The molecule has 0 spiro atoms. The third-order valence-electron chi connectivity index (χ3n) is 5.29. The van der Waals surface area contributed by atoms with E-state index in [-0.39, 0.29) is 16.6 Å². The summed E-state index contributed by atoms with van der Waals surface area (Å²) in [7, 11) is 0. The van der Waals surface area contributed by atoms with Gasteiger partial charge in [-0.05, 0) is 31.2 Å². The van der Waals surface area contributed by atoms with E-state index in [1.54, 1.807) is 30.0 Å². The van der Waals surface area contributed by atoms with Crippen molar-refractivity contribution in [2.24, 2.45) is 0 Å². The fourth-order valence-electron chi connectivity index (χ4n) is 3.47. The van der Waals surface area contributed by atoms with Crippen LogP contribution in [0.25, 0.3) is 0 Å². The summed E-state index contributed by atoms with van der Waals surface area (Å²) >= 11 is 12.1. The minimum atomic E-state index is -4.67. The monoisotopic (exact) mass is 490 g/mol. The molecule has 1 atom stereocenters. The van der Waals surface area contributed by atoms with Gasteiger partial charge in [-0.1, -0.05) is 29.3 Å². The molecule has 1 heterocycles. The fraction of sp³-hybridized carbons (Fsp3) is 0.350. The second kappa shape index (κ2) is 9.51. The highest BCUT2D eigenvalue weighted by Crippen LogP contribution is 2.37. The lowest BCUT2D eigenvalue weighted by Gasteiger charge is -2.38. The molecule has 1 aliphatic heterocycles. The summed E-state index contributed by atoms with van der Waals surface area (Å²) in [6, 6.07) is 6.85. The molecule has 1 unspecified atom stereocenters. The van der Waals surface area contributed by atoms with Gasteiger partial charge in [-0.15, -0.1) is 0 Å². The molecule has 0 aliphatic carbocycles. The van der Waals surface area contributed by atoms with E-state index in [4.69, 9.17) is 23.2 Å². The average Bonchev–Trinajstić information content (AvgIpc) is 2.75. The number of benzene rings is 2. The highest BCUT2D eigenvalue weighted by atomic mass is 35.5. The number of rotatable bonds is 5. The van der Waals surface area contributed by atoms with Crippen molar-refractivity contribution in [3.63, 3.8) is 0 Å². The van der Waals surface area contributed by atoms with Crippen LogP contribution in [0.5, 0.6) is 0 Å². The Morgan fingerprint density at radius 3 is 2.41 bits per heavy atom. The summed E-state index contributed by atoms with van der Waals surface area (Å²) in [5.74, 6) is -0.303. The zero-order chi connectivity index (χ0) is 23.6. The van der Waals surface area contributed by atoms with Crippen LogP contribution in [0.4, 0.5) is 30.2 Å². The minimum absolute atomic E-state index is 0.116. The first-order valence-electron chi connectivity index (χ1n) is 9.58. The van der Waals surface area contributed by atoms with Gasteiger partial charge in [-0.3, -0.25) is 19.8 Å². The predicted octanol–water partition coefficient (Wildman–Crippen LogP) is 5.07. The quantitative estimate of drug-likeness (QED) is 0.467. The number of nitro benzene ring substituents is 1. The first-order valence-corrected chi connectivity index (χ1v) is 10.3. The van der Waals surface area contributed by atoms with Crippen molar-refractivity contribution in [1.82, 2.24) is 4.90 Å². The van der Waals surface area contributed by atoms with Gasteiger partial charge < -0.3 is 10.2 Å². The Labute approximate surface area is 191 Å². The molecule has 12 heteroatoms. The first-order chi connectivity index (χ1) is 15.0. The van der Waals surface area contributed by atoms with Gasteiger partial charge in [-0.2, -0.15) is 13.2 Å². The molecule has 2 aromatic carbocycles.